The molecule has 0 aromatic carbocycles. The molecule has 1 rings (SSSR count). The molecule has 0 unspecified atom stereocenters. The van der Waals surface area contributed by atoms with Crippen molar-refractivity contribution in [3.63, 3.8) is 0 Å². The summed E-state index contributed by atoms with van der Waals surface area (Å²) in [7, 11) is 1.59. The largest absolute Gasteiger partial charge is 0.357 e. The zero-order chi connectivity index (χ0) is 12.5. The van der Waals surface area contributed by atoms with Gasteiger partial charge in [0.15, 0.2) is 17.5 Å². The van der Waals surface area contributed by atoms with Crippen LogP contribution in [0.25, 0.3) is 0 Å². The lowest BCUT2D eigenvalue weighted by Gasteiger charge is -2.27. The van der Waals surface area contributed by atoms with E-state index in [1.807, 2.05) is 20.8 Å². The maximum Gasteiger partial charge on any atom is 0.251 e. The van der Waals surface area contributed by atoms with Gasteiger partial charge in [0.1, 0.15) is 0 Å². The molecule has 16 heavy (non-hydrogen) atoms. The fourth-order valence-electron chi connectivity index (χ4n) is 1.49. The summed E-state index contributed by atoms with van der Waals surface area (Å²) in [5, 5.41) is 0. The van der Waals surface area contributed by atoms with E-state index in [-0.39, 0.29) is 11.2 Å². The summed E-state index contributed by atoms with van der Waals surface area (Å²) in [5.41, 5.74) is -0.0896. The molecule has 1 heterocycles. The molecule has 0 bridgehead atoms. The predicted molar refractivity (Wildman–Crippen MR) is 56.8 cm³/mol. The Morgan fingerprint density at radius 3 is 2.25 bits per heavy atom. The van der Waals surface area contributed by atoms with Crippen LogP contribution in [-0.4, -0.2) is 18.6 Å². The molecule has 0 saturated carbocycles. The molecular weight excluding hydrogens is 217 g/mol. The van der Waals surface area contributed by atoms with Gasteiger partial charge < -0.3 is 4.90 Å². The topological polar surface area (TPSA) is 16.1 Å². The van der Waals surface area contributed by atoms with Crippen molar-refractivity contribution in [2.45, 2.75) is 20.8 Å². The Balaban J connectivity index is 3.00. The Bertz CT molecular complexity index is 386. The molecule has 90 valence electrons. The minimum atomic E-state index is -1.28. The van der Waals surface area contributed by atoms with E-state index in [2.05, 4.69) is 4.98 Å². The Morgan fingerprint density at radius 2 is 1.75 bits per heavy atom. The van der Waals surface area contributed by atoms with Gasteiger partial charge in [-0.05, 0) is 5.41 Å². The van der Waals surface area contributed by atoms with Crippen LogP contribution < -0.4 is 4.90 Å². The first-order valence-electron chi connectivity index (χ1n) is 4.93. The minimum Gasteiger partial charge on any atom is -0.357 e. The van der Waals surface area contributed by atoms with Gasteiger partial charge in [0.05, 0.1) is 0 Å². The molecule has 1 aromatic rings. The monoisotopic (exact) mass is 232 g/mol. The van der Waals surface area contributed by atoms with E-state index < -0.39 is 17.6 Å². The number of anilines is 1. The molecule has 0 radical (unpaired) electrons. The summed E-state index contributed by atoms with van der Waals surface area (Å²) in [5.74, 6) is -3.58. The van der Waals surface area contributed by atoms with Gasteiger partial charge in [0.2, 0.25) is 0 Å². The van der Waals surface area contributed by atoms with Crippen molar-refractivity contribution < 1.29 is 13.2 Å². The van der Waals surface area contributed by atoms with Crippen LogP contribution in [-0.2, 0) is 0 Å². The Morgan fingerprint density at radius 1 is 1.19 bits per heavy atom. The number of aromatic nitrogens is 1. The fourth-order valence-corrected chi connectivity index (χ4v) is 1.49. The summed E-state index contributed by atoms with van der Waals surface area (Å²) < 4.78 is 38.9. The van der Waals surface area contributed by atoms with Crippen molar-refractivity contribution in [2.24, 2.45) is 5.41 Å². The van der Waals surface area contributed by atoms with Gasteiger partial charge in [-0.15, -0.1) is 0 Å². The van der Waals surface area contributed by atoms with Gasteiger partial charge in [0.25, 0.3) is 5.95 Å². The molecule has 2 nitrogen and oxygen atoms in total. The highest BCUT2D eigenvalue weighted by atomic mass is 19.2. The molecule has 1 aromatic heterocycles. The molecule has 0 spiro atoms. The molecule has 0 aliphatic carbocycles. The van der Waals surface area contributed by atoms with Crippen molar-refractivity contribution >= 4 is 5.82 Å². The van der Waals surface area contributed by atoms with E-state index in [0.717, 1.165) is 0 Å². The number of hydrogen-bond donors (Lipinski definition) is 0. The van der Waals surface area contributed by atoms with Crippen molar-refractivity contribution in [2.75, 3.05) is 18.5 Å². The van der Waals surface area contributed by atoms with E-state index >= 15 is 0 Å². The second-order valence-corrected chi connectivity index (χ2v) is 4.98. The fraction of sp³-hybridized carbons (Fsp3) is 0.545. The first-order valence-corrected chi connectivity index (χ1v) is 4.93. The van der Waals surface area contributed by atoms with Crippen molar-refractivity contribution in [1.82, 2.24) is 4.98 Å². The molecule has 0 fully saturated rings. The number of pyridine rings is 1. The Hall–Kier alpha value is -1.26. The van der Waals surface area contributed by atoms with Crippen molar-refractivity contribution in [1.29, 1.82) is 0 Å². The van der Waals surface area contributed by atoms with Gasteiger partial charge in [-0.1, -0.05) is 20.8 Å². The van der Waals surface area contributed by atoms with Crippen LogP contribution in [0.15, 0.2) is 6.07 Å². The van der Waals surface area contributed by atoms with Gasteiger partial charge >= 0.3 is 0 Å². The third-order valence-corrected chi connectivity index (χ3v) is 1.94. The van der Waals surface area contributed by atoms with Crippen LogP contribution in [0, 0.1) is 23.0 Å². The normalized spacial score (nSPS) is 11.7. The molecule has 0 saturated heterocycles. The second-order valence-electron chi connectivity index (χ2n) is 4.98. The maximum atomic E-state index is 13.3. The summed E-state index contributed by atoms with van der Waals surface area (Å²) in [6, 6.07) is 0.511. The smallest absolute Gasteiger partial charge is 0.251 e. The lowest BCUT2D eigenvalue weighted by Crippen LogP contribution is -2.30. The number of rotatable bonds is 2. The number of hydrogen-bond acceptors (Lipinski definition) is 2. The van der Waals surface area contributed by atoms with E-state index in [1.165, 1.54) is 4.90 Å². The SMILES string of the molecule is CN(CC(C)(C)C)c1nc(F)c(F)cc1F. The van der Waals surface area contributed by atoms with Crippen LogP contribution in [0.1, 0.15) is 20.8 Å². The standard InChI is InChI=1S/C11H15F3N2/c1-11(2,3)6-16(4)10-8(13)5-7(12)9(14)15-10/h5H,6H2,1-4H3. The first-order chi connectivity index (χ1) is 7.20. The molecule has 5 heteroatoms. The van der Waals surface area contributed by atoms with Crippen molar-refractivity contribution in [3.05, 3.63) is 23.6 Å². The van der Waals surface area contributed by atoms with Crippen LogP contribution in [0.3, 0.4) is 0 Å². The van der Waals surface area contributed by atoms with E-state index in [0.29, 0.717) is 12.6 Å². The lowest BCUT2D eigenvalue weighted by atomic mass is 9.96. The minimum absolute atomic E-state index is 0.0896. The summed E-state index contributed by atoms with van der Waals surface area (Å²) in [6.07, 6.45) is 0. The van der Waals surface area contributed by atoms with Gasteiger partial charge in [-0.25, -0.2) is 8.78 Å². The van der Waals surface area contributed by atoms with Gasteiger partial charge in [0, 0.05) is 19.7 Å². The lowest BCUT2D eigenvalue weighted by molar-refractivity contribution is 0.410. The molecule has 0 N–H and O–H groups in total. The Labute approximate surface area is 93.1 Å². The molecule has 0 amide bonds. The summed E-state index contributed by atoms with van der Waals surface area (Å²) >= 11 is 0. The third-order valence-electron chi connectivity index (χ3n) is 1.94. The first kappa shape index (κ1) is 12.8. The van der Waals surface area contributed by atoms with Gasteiger partial charge in [-0.3, -0.25) is 0 Å². The number of nitrogens with zero attached hydrogens (tertiary/aromatic N) is 2. The highest BCUT2D eigenvalue weighted by Crippen LogP contribution is 2.22. The van der Waals surface area contributed by atoms with Crippen LogP contribution in [0.5, 0.6) is 0 Å². The predicted octanol–water partition coefficient (Wildman–Crippen LogP) is 2.98. The van der Waals surface area contributed by atoms with Crippen LogP contribution >= 0.6 is 0 Å². The molecule has 0 aliphatic heterocycles. The average molecular weight is 232 g/mol. The zero-order valence-electron chi connectivity index (χ0n) is 9.81. The molecular formula is C11H15F3N2. The third kappa shape index (κ3) is 3.12. The van der Waals surface area contributed by atoms with Crippen molar-refractivity contribution in [3.8, 4) is 0 Å². The van der Waals surface area contributed by atoms with E-state index in [9.17, 15) is 13.2 Å². The van der Waals surface area contributed by atoms with Gasteiger partial charge in [-0.2, -0.15) is 9.37 Å². The highest BCUT2D eigenvalue weighted by molar-refractivity contribution is 5.39. The van der Waals surface area contributed by atoms with E-state index in [4.69, 9.17) is 0 Å². The molecule has 0 atom stereocenters. The highest BCUT2D eigenvalue weighted by Gasteiger charge is 2.19. The second kappa shape index (κ2) is 4.31. The zero-order valence-corrected chi connectivity index (χ0v) is 9.81. The summed E-state index contributed by atoms with van der Waals surface area (Å²) in [4.78, 5) is 4.74. The summed E-state index contributed by atoms with van der Waals surface area (Å²) in [6.45, 7) is 6.37. The van der Waals surface area contributed by atoms with E-state index in [1.54, 1.807) is 7.05 Å². The maximum absolute atomic E-state index is 13.3. The van der Waals surface area contributed by atoms with Crippen LogP contribution in [0.2, 0.25) is 0 Å². The quantitative estimate of drug-likeness (QED) is 0.729. The molecule has 0 aliphatic rings. The van der Waals surface area contributed by atoms with Crippen LogP contribution in [0.4, 0.5) is 19.0 Å². The number of halogens is 3. The Kier molecular flexibility index (Phi) is 3.45. The average Bonchev–Trinajstić information content (AvgIpc) is 2.08.